The molecule has 0 bridgehead atoms. The van der Waals surface area contributed by atoms with Gasteiger partial charge in [-0.15, -0.1) is 0 Å². The minimum atomic E-state index is -0.546. The van der Waals surface area contributed by atoms with E-state index in [1.165, 1.54) is 6.07 Å². The smallest absolute Gasteiger partial charge is 0.254 e. The van der Waals surface area contributed by atoms with Gasteiger partial charge in [0.05, 0.1) is 14.9 Å². The van der Waals surface area contributed by atoms with Gasteiger partial charge in [0.15, 0.2) is 0 Å². The maximum atomic E-state index is 13.8. The standard InChI is InChI=1S/C15H12Br2FNO/c16-12-8-4-7-11(14(12)18)15(20)19-9-13(17)10-5-2-1-3-6-10/h1-8,13H,9H2,(H,19,20). The summed E-state index contributed by atoms with van der Waals surface area (Å²) in [4.78, 5) is 11.9. The van der Waals surface area contributed by atoms with Crippen molar-refractivity contribution in [3.8, 4) is 0 Å². The summed E-state index contributed by atoms with van der Waals surface area (Å²) in [5.74, 6) is -0.972. The molecule has 104 valence electrons. The van der Waals surface area contributed by atoms with Gasteiger partial charge in [-0.3, -0.25) is 4.79 Å². The molecule has 2 rings (SSSR count). The molecule has 2 nitrogen and oxygen atoms in total. The molecule has 0 heterocycles. The topological polar surface area (TPSA) is 29.1 Å². The minimum absolute atomic E-state index is 0.0112. The molecule has 1 amide bonds. The first-order valence-electron chi connectivity index (χ1n) is 6.01. The van der Waals surface area contributed by atoms with Crippen LogP contribution in [-0.2, 0) is 0 Å². The van der Waals surface area contributed by atoms with Crippen LogP contribution in [0.3, 0.4) is 0 Å². The molecular formula is C15H12Br2FNO. The summed E-state index contributed by atoms with van der Waals surface area (Å²) in [7, 11) is 0. The van der Waals surface area contributed by atoms with E-state index in [9.17, 15) is 9.18 Å². The third-order valence-electron chi connectivity index (χ3n) is 2.80. The zero-order chi connectivity index (χ0) is 14.5. The molecule has 5 heteroatoms. The number of rotatable bonds is 4. The van der Waals surface area contributed by atoms with Crippen LogP contribution in [0.4, 0.5) is 4.39 Å². The van der Waals surface area contributed by atoms with Crippen LogP contribution < -0.4 is 5.32 Å². The number of hydrogen-bond donors (Lipinski definition) is 1. The highest BCUT2D eigenvalue weighted by molar-refractivity contribution is 9.10. The molecule has 0 fully saturated rings. The van der Waals surface area contributed by atoms with Crippen LogP contribution in [0.1, 0.15) is 20.7 Å². The fraction of sp³-hybridized carbons (Fsp3) is 0.133. The summed E-state index contributed by atoms with van der Waals surface area (Å²) in [6.07, 6.45) is 0. The van der Waals surface area contributed by atoms with Crippen LogP contribution >= 0.6 is 31.9 Å². The summed E-state index contributed by atoms with van der Waals surface area (Å²) in [5.41, 5.74) is 1.09. The Labute approximate surface area is 133 Å². The second-order valence-corrected chi connectivity index (χ2v) is 6.15. The van der Waals surface area contributed by atoms with Crippen molar-refractivity contribution in [1.29, 1.82) is 0 Å². The molecule has 20 heavy (non-hydrogen) atoms. The maximum absolute atomic E-state index is 13.8. The zero-order valence-corrected chi connectivity index (χ0v) is 13.6. The Bertz CT molecular complexity index is 604. The van der Waals surface area contributed by atoms with Crippen molar-refractivity contribution < 1.29 is 9.18 Å². The molecule has 0 radical (unpaired) electrons. The number of halogens is 3. The lowest BCUT2D eigenvalue weighted by atomic mass is 10.1. The molecule has 0 saturated heterocycles. The highest BCUT2D eigenvalue weighted by Crippen LogP contribution is 2.22. The second-order valence-electron chi connectivity index (χ2n) is 4.19. The number of amides is 1. The Morgan fingerprint density at radius 1 is 1.15 bits per heavy atom. The molecule has 1 N–H and O–H groups in total. The van der Waals surface area contributed by atoms with Crippen LogP contribution in [0.5, 0.6) is 0 Å². The molecule has 1 atom stereocenters. The van der Waals surface area contributed by atoms with E-state index >= 15 is 0 Å². The van der Waals surface area contributed by atoms with Gasteiger partial charge in [-0.05, 0) is 33.6 Å². The van der Waals surface area contributed by atoms with Gasteiger partial charge < -0.3 is 5.32 Å². The van der Waals surface area contributed by atoms with Crippen LogP contribution in [0.25, 0.3) is 0 Å². The van der Waals surface area contributed by atoms with Crippen molar-refractivity contribution in [1.82, 2.24) is 5.32 Å². The van der Waals surface area contributed by atoms with Crippen molar-refractivity contribution >= 4 is 37.8 Å². The van der Waals surface area contributed by atoms with Gasteiger partial charge in [0.1, 0.15) is 5.82 Å². The number of carbonyl (C=O) groups excluding carboxylic acids is 1. The lowest BCUT2D eigenvalue weighted by Crippen LogP contribution is -2.27. The van der Waals surface area contributed by atoms with Crippen LogP contribution in [0.15, 0.2) is 53.0 Å². The van der Waals surface area contributed by atoms with Crippen molar-refractivity contribution in [3.05, 3.63) is 69.9 Å². The van der Waals surface area contributed by atoms with Crippen LogP contribution in [0.2, 0.25) is 0 Å². The average molecular weight is 401 g/mol. The number of nitrogens with one attached hydrogen (secondary N) is 1. The summed E-state index contributed by atoms with van der Waals surface area (Å²) >= 11 is 6.57. The number of carbonyl (C=O) groups is 1. The molecule has 0 aromatic heterocycles. The van der Waals surface area contributed by atoms with Crippen LogP contribution in [0, 0.1) is 5.82 Å². The zero-order valence-electron chi connectivity index (χ0n) is 10.4. The first kappa shape index (κ1) is 15.2. The number of alkyl halides is 1. The largest absolute Gasteiger partial charge is 0.350 e. The van der Waals surface area contributed by atoms with Gasteiger partial charge >= 0.3 is 0 Å². The average Bonchev–Trinajstić information content (AvgIpc) is 2.48. The molecule has 0 aliphatic carbocycles. The Hall–Kier alpha value is -1.20. The predicted octanol–water partition coefficient (Wildman–Crippen LogP) is 4.45. The molecular weight excluding hydrogens is 389 g/mol. The van der Waals surface area contributed by atoms with Gasteiger partial charge in [-0.1, -0.05) is 52.3 Å². The molecule has 0 saturated carbocycles. The van der Waals surface area contributed by atoms with Crippen molar-refractivity contribution in [2.24, 2.45) is 0 Å². The Morgan fingerprint density at radius 2 is 1.85 bits per heavy atom. The SMILES string of the molecule is O=C(NCC(Br)c1ccccc1)c1cccc(Br)c1F. The van der Waals surface area contributed by atoms with Gasteiger partial charge in [0, 0.05) is 6.54 Å². The summed E-state index contributed by atoms with van der Waals surface area (Å²) in [6, 6.07) is 14.4. The Kier molecular flexibility index (Phi) is 5.31. The maximum Gasteiger partial charge on any atom is 0.254 e. The molecule has 2 aromatic carbocycles. The molecule has 1 unspecified atom stereocenters. The van der Waals surface area contributed by atoms with Gasteiger partial charge in [0.2, 0.25) is 0 Å². The third-order valence-corrected chi connectivity index (χ3v) is 4.26. The molecule has 0 aliphatic rings. The van der Waals surface area contributed by atoms with E-state index in [1.807, 2.05) is 30.3 Å². The Balaban J connectivity index is 2.01. The van der Waals surface area contributed by atoms with Gasteiger partial charge in [-0.2, -0.15) is 0 Å². The normalized spacial score (nSPS) is 11.9. The molecule has 2 aromatic rings. The van der Waals surface area contributed by atoms with Crippen molar-refractivity contribution in [2.45, 2.75) is 4.83 Å². The summed E-state index contributed by atoms with van der Waals surface area (Å²) in [5, 5.41) is 2.72. The van der Waals surface area contributed by atoms with Gasteiger partial charge in [0.25, 0.3) is 5.91 Å². The lowest BCUT2D eigenvalue weighted by Gasteiger charge is -2.12. The van der Waals surface area contributed by atoms with Crippen LogP contribution in [-0.4, -0.2) is 12.5 Å². The molecule has 0 spiro atoms. The highest BCUT2D eigenvalue weighted by Gasteiger charge is 2.15. The van der Waals surface area contributed by atoms with Crippen molar-refractivity contribution in [2.75, 3.05) is 6.54 Å². The van der Waals surface area contributed by atoms with E-state index in [4.69, 9.17) is 0 Å². The third kappa shape index (κ3) is 3.67. The van der Waals surface area contributed by atoms with E-state index < -0.39 is 11.7 Å². The van der Waals surface area contributed by atoms with E-state index in [0.29, 0.717) is 6.54 Å². The monoisotopic (exact) mass is 399 g/mol. The van der Waals surface area contributed by atoms with Gasteiger partial charge in [-0.25, -0.2) is 4.39 Å². The molecule has 0 aliphatic heterocycles. The number of benzene rings is 2. The van der Waals surface area contributed by atoms with E-state index in [-0.39, 0.29) is 14.9 Å². The van der Waals surface area contributed by atoms with E-state index in [0.717, 1.165) is 5.56 Å². The first-order chi connectivity index (χ1) is 9.59. The highest BCUT2D eigenvalue weighted by atomic mass is 79.9. The van der Waals surface area contributed by atoms with E-state index in [1.54, 1.807) is 12.1 Å². The summed E-state index contributed by atoms with van der Waals surface area (Å²) in [6.45, 7) is 0.384. The quantitative estimate of drug-likeness (QED) is 0.754. The summed E-state index contributed by atoms with van der Waals surface area (Å²) < 4.78 is 14.1. The second kappa shape index (κ2) is 6.99. The number of hydrogen-bond acceptors (Lipinski definition) is 1. The fourth-order valence-electron chi connectivity index (χ4n) is 1.74. The van der Waals surface area contributed by atoms with E-state index in [2.05, 4.69) is 37.2 Å². The first-order valence-corrected chi connectivity index (χ1v) is 7.71. The lowest BCUT2D eigenvalue weighted by molar-refractivity contribution is 0.0950. The minimum Gasteiger partial charge on any atom is -0.350 e. The van der Waals surface area contributed by atoms with Crippen molar-refractivity contribution in [3.63, 3.8) is 0 Å². The predicted molar refractivity (Wildman–Crippen MR) is 84.5 cm³/mol. The Morgan fingerprint density at radius 3 is 2.55 bits per heavy atom. The fourth-order valence-corrected chi connectivity index (χ4v) is 2.57.